The van der Waals surface area contributed by atoms with Crippen LogP contribution in [0, 0.1) is 5.92 Å². The second kappa shape index (κ2) is 15.3. The van der Waals surface area contributed by atoms with Gasteiger partial charge < -0.3 is 29.9 Å². The highest BCUT2D eigenvalue weighted by Gasteiger charge is 2.62. The van der Waals surface area contributed by atoms with Crippen LogP contribution >= 0.6 is 23.2 Å². The number of hydrogen-bond donors (Lipinski definition) is 3. The first-order valence-electron chi connectivity index (χ1n) is 18.2. The van der Waals surface area contributed by atoms with Gasteiger partial charge in [-0.05, 0) is 89.0 Å². The summed E-state index contributed by atoms with van der Waals surface area (Å²) >= 11 is 12.8. The highest BCUT2D eigenvalue weighted by Crippen LogP contribution is 2.46. The van der Waals surface area contributed by atoms with Crippen LogP contribution in [0.2, 0.25) is 10.0 Å². The number of carbonyl (C=O) groups excluding carboxylic acids is 5. The number of hydrogen-bond acceptors (Lipinski definition) is 9. The predicted octanol–water partition coefficient (Wildman–Crippen LogP) is 4.35. The van der Waals surface area contributed by atoms with Gasteiger partial charge in [0.25, 0.3) is 5.91 Å². The molecule has 6 rings (SSSR count). The van der Waals surface area contributed by atoms with Crippen LogP contribution < -0.4 is 15.4 Å². The molecule has 290 valence electrons. The Morgan fingerprint density at radius 3 is 2.43 bits per heavy atom. The lowest BCUT2D eigenvalue weighted by atomic mass is 10.00. The van der Waals surface area contributed by atoms with E-state index in [0.29, 0.717) is 54.3 Å². The molecule has 0 unspecified atom stereocenters. The number of benzene rings is 1. The molecule has 3 fully saturated rings. The van der Waals surface area contributed by atoms with E-state index >= 15 is 0 Å². The minimum atomic E-state index is -3.91. The third-order valence-electron chi connectivity index (χ3n) is 10.4. The number of halogens is 2. The van der Waals surface area contributed by atoms with Gasteiger partial charge in [0.2, 0.25) is 21.8 Å². The Morgan fingerprint density at radius 2 is 1.74 bits per heavy atom. The number of fused-ring (bicyclic) bond motifs is 3. The second-order valence-corrected chi connectivity index (χ2v) is 18.4. The van der Waals surface area contributed by atoms with E-state index in [1.165, 1.54) is 9.80 Å². The molecule has 5 aliphatic rings. The number of allylic oxidation sites excluding steroid dienone is 1. The maximum atomic E-state index is 14.4. The fourth-order valence-electron chi connectivity index (χ4n) is 7.26. The van der Waals surface area contributed by atoms with Gasteiger partial charge >= 0.3 is 12.2 Å². The summed E-state index contributed by atoms with van der Waals surface area (Å²) in [6.45, 7) is 5.41. The van der Waals surface area contributed by atoms with Crippen LogP contribution in [0.15, 0.2) is 24.3 Å². The summed E-state index contributed by atoms with van der Waals surface area (Å²) in [5.41, 5.74) is -0.805. The van der Waals surface area contributed by atoms with Crippen molar-refractivity contribution < 1.29 is 41.9 Å². The number of nitrogens with one attached hydrogen (secondary N) is 3. The van der Waals surface area contributed by atoms with E-state index in [0.717, 1.165) is 18.4 Å². The molecule has 1 saturated heterocycles. The van der Waals surface area contributed by atoms with E-state index < -0.39 is 80.4 Å². The summed E-state index contributed by atoms with van der Waals surface area (Å²) in [5.74, 6) is -2.57. The molecule has 0 spiro atoms. The van der Waals surface area contributed by atoms with Crippen LogP contribution in [0.1, 0.15) is 89.7 Å². The van der Waals surface area contributed by atoms with Crippen LogP contribution in [0.5, 0.6) is 0 Å². The van der Waals surface area contributed by atoms with Gasteiger partial charge in [-0.3, -0.25) is 19.1 Å². The van der Waals surface area contributed by atoms with Crippen LogP contribution in [0.3, 0.4) is 0 Å². The highest BCUT2D eigenvalue weighted by molar-refractivity contribution is 7.91. The molecule has 2 aliphatic carbocycles. The Morgan fingerprint density at radius 1 is 1.02 bits per heavy atom. The molecule has 3 heterocycles. The van der Waals surface area contributed by atoms with Crippen molar-refractivity contribution in [3.8, 4) is 0 Å². The van der Waals surface area contributed by atoms with Crippen molar-refractivity contribution in [1.82, 2.24) is 25.2 Å². The van der Waals surface area contributed by atoms with Crippen molar-refractivity contribution in [2.24, 2.45) is 5.92 Å². The molecule has 0 bridgehead atoms. The Balaban J connectivity index is 1.25. The average molecular weight is 797 g/mol. The van der Waals surface area contributed by atoms with E-state index in [4.69, 9.17) is 32.7 Å². The van der Waals surface area contributed by atoms with E-state index in [1.807, 2.05) is 12.2 Å². The number of amides is 5. The van der Waals surface area contributed by atoms with Crippen LogP contribution in [0.4, 0.5) is 9.59 Å². The van der Waals surface area contributed by atoms with Gasteiger partial charge in [0.15, 0.2) is 0 Å². The molecule has 5 atom stereocenters. The van der Waals surface area contributed by atoms with Gasteiger partial charge in [-0.2, -0.15) is 0 Å². The second-order valence-electron chi connectivity index (χ2n) is 15.6. The molecule has 1 aromatic carbocycles. The maximum absolute atomic E-state index is 14.4. The lowest BCUT2D eigenvalue weighted by molar-refractivity contribution is -0.141. The summed E-state index contributed by atoms with van der Waals surface area (Å²) in [4.78, 5) is 71.5. The summed E-state index contributed by atoms with van der Waals surface area (Å²) in [6, 6.07) is 1.11. The fraction of sp³-hybridized carbons (Fsp3) is 0.639. The standard InChI is InChI=1S/C36H47Cl2N5O9S/c1-35(2,3)52-33(47)39-28-10-8-6-4-5-7-9-21-18-36(21,32(46)41-53(49,50)23-11-12-23)40-30(44)29-17-22(19-43(29)31(28)45)51-34(48)42-16-15-24-25(20-42)27(38)14-13-26(24)37/h7,9,13-14,21-23,28-29H,4-6,8,10-12,15-20H2,1-3H3,(H,39,47)(H,40,44)(H,41,46)/b9-7-/t21-,22+,28-,29-,36+/m0/s1. The van der Waals surface area contributed by atoms with E-state index in [9.17, 15) is 32.4 Å². The summed E-state index contributed by atoms with van der Waals surface area (Å²) < 4.78 is 39.1. The number of sulfonamides is 1. The van der Waals surface area contributed by atoms with Crippen molar-refractivity contribution >= 4 is 63.1 Å². The average Bonchev–Trinajstić information content (AvgIpc) is 4.01. The van der Waals surface area contributed by atoms with Gasteiger partial charge in [-0.15, -0.1) is 0 Å². The summed E-state index contributed by atoms with van der Waals surface area (Å²) in [7, 11) is -3.91. The third-order valence-corrected chi connectivity index (χ3v) is 12.9. The maximum Gasteiger partial charge on any atom is 0.410 e. The van der Waals surface area contributed by atoms with Gasteiger partial charge in [0.05, 0.1) is 18.3 Å². The number of ether oxygens (including phenoxy) is 2. The number of rotatable bonds is 5. The molecule has 53 heavy (non-hydrogen) atoms. The lowest BCUT2D eigenvalue weighted by Gasteiger charge is -2.31. The van der Waals surface area contributed by atoms with Crippen LogP contribution in [0.25, 0.3) is 0 Å². The Labute approximate surface area is 319 Å². The molecule has 3 N–H and O–H groups in total. The van der Waals surface area contributed by atoms with Crippen molar-refractivity contribution in [1.29, 1.82) is 0 Å². The van der Waals surface area contributed by atoms with E-state index in [2.05, 4.69) is 15.4 Å². The Kier molecular flexibility index (Phi) is 11.3. The zero-order chi connectivity index (χ0) is 38.3. The normalized spacial score (nSPS) is 28.5. The quantitative estimate of drug-likeness (QED) is 0.365. The Hall–Kier alpha value is -3.56. The van der Waals surface area contributed by atoms with Crippen molar-refractivity contribution in [2.75, 3.05) is 13.1 Å². The van der Waals surface area contributed by atoms with Gasteiger partial charge in [0, 0.05) is 28.9 Å². The monoisotopic (exact) mass is 795 g/mol. The zero-order valence-corrected chi connectivity index (χ0v) is 32.4. The first-order chi connectivity index (χ1) is 25.0. The smallest absolute Gasteiger partial charge is 0.410 e. The summed E-state index contributed by atoms with van der Waals surface area (Å²) in [5, 5.41) is 5.87. The molecular weight excluding hydrogens is 749 g/mol. The Bertz CT molecular complexity index is 1800. The van der Waals surface area contributed by atoms with Crippen molar-refractivity contribution in [3.63, 3.8) is 0 Å². The van der Waals surface area contributed by atoms with E-state index in [1.54, 1.807) is 32.9 Å². The molecule has 3 aliphatic heterocycles. The van der Waals surface area contributed by atoms with Gasteiger partial charge in [-0.25, -0.2) is 18.0 Å². The molecule has 0 aromatic heterocycles. The number of nitrogens with zero attached hydrogens (tertiary/aromatic N) is 2. The fourth-order valence-corrected chi connectivity index (χ4v) is 9.14. The minimum Gasteiger partial charge on any atom is -0.444 e. The molecule has 2 saturated carbocycles. The molecule has 17 heteroatoms. The van der Waals surface area contributed by atoms with Gasteiger partial charge in [0.1, 0.15) is 29.3 Å². The topological polar surface area (TPSA) is 181 Å². The first-order valence-corrected chi connectivity index (χ1v) is 20.5. The van der Waals surface area contributed by atoms with E-state index in [-0.39, 0.29) is 32.4 Å². The van der Waals surface area contributed by atoms with Crippen LogP contribution in [-0.4, -0.2) is 95.8 Å². The minimum absolute atomic E-state index is 0.0991. The summed E-state index contributed by atoms with van der Waals surface area (Å²) in [6.07, 6.45) is 5.82. The number of alkyl carbamates (subject to hydrolysis) is 1. The third kappa shape index (κ3) is 9.05. The SMILES string of the molecule is CC(C)(C)OC(=O)N[C@H]1CCCCC/C=C\[C@H]2C[C@@]2(C(=O)NS(=O)(=O)C2CC2)NC(=O)[C@@H]2C[C@@H](OC(=O)N3CCc4c(Cl)ccc(Cl)c4C3)CN2C1=O. The zero-order valence-electron chi connectivity index (χ0n) is 30.1. The molecule has 5 amide bonds. The molecule has 1 aromatic rings. The lowest BCUT2D eigenvalue weighted by Crippen LogP contribution is -2.58. The van der Waals surface area contributed by atoms with Crippen molar-refractivity contribution in [2.45, 2.75) is 126 Å². The van der Waals surface area contributed by atoms with Crippen molar-refractivity contribution in [3.05, 3.63) is 45.5 Å². The first kappa shape index (κ1) is 39.1. The molecule has 14 nitrogen and oxygen atoms in total. The predicted molar refractivity (Wildman–Crippen MR) is 195 cm³/mol. The highest BCUT2D eigenvalue weighted by atomic mass is 35.5. The van der Waals surface area contributed by atoms with Gasteiger partial charge in [-0.1, -0.05) is 48.2 Å². The largest absolute Gasteiger partial charge is 0.444 e. The van der Waals surface area contributed by atoms with Crippen LogP contribution in [-0.2, 0) is 46.8 Å². The molecular formula is C36H47Cl2N5O9S. The molecule has 0 radical (unpaired) electrons. The number of carbonyl (C=O) groups is 5.